The van der Waals surface area contributed by atoms with Crippen molar-refractivity contribution in [2.45, 2.75) is 44.9 Å². The topological polar surface area (TPSA) is 40.6 Å². The van der Waals surface area contributed by atoms with Gasteiger partial charge in [-0.2, -0.15) is 0 Å². The van der Waals surface area contributed by atoms with Crippen molar-refractivity contribution < 1.29 is 14.0 Å². The third-order valence-corrected chi connectivity index (χ3v) is 5.79. The number of unbranched alkanes of at least 4 members (excludes halogenated alkanes) is 1. The summed E-state index contributed by atoms with van der Waals surface area (Å²) in [5.41, 5.74) is 0.661. The predicted octanol–water partition coefficient (Wildman–Crippen LogP) is 3.43. The maximum absolute atomic E-state index is 13.9. The highest BCUT2D eigenvalue weighted by molar-refractivity contribution is 5.84. The van der Waals surface area contributed by atoms with Crippen molar-refractivity contribution in [3.8, 4) is 0 Å². The first-order chi connectivity index (χ1) is 12.5. The molecule has 2 amide bonds. The molecule has 3 rings (SSSR count). The Bertz CT molecular complexity index is 655. The first-order valence-corrected chi connectivity index (χ1v) is 9.81. The van der Waals surface area contributed by atoms with Crippen LogP contribution in [0.4, 0.5) is 4.39 Å². The van der Waals surface area contributed by atoms with Crippen molar-refractivity contribution in [3.63, 3.8) is 0 Å². The van der Waals surface area contributed by atoms with E-state index in [4.69, 9.17) is 0 Å². The Morgan fingerprint density at radius 1 is 1.23 bits per heavy atom. The summed E-state index contributed by atoms with van der Waals surface area (Å²) in [4.78, 5) is 28.9. The van der Waals surface area contributed by atoms with Crippen molar-refractivity contribution in [2.24, 2.45) is 11.8 Å². The molecule has 0 spiro atoms. The fourth-order valence-corrected chi connectivity index (χ4v) is 3.99. The van der Waals surface area contributed by atoms with Gasteiger partial charge >= 0.3 is 0 Å². The fraction of sp³-hybridized carbons (Fsp3) is 0.619. The number of hydrogen-bond acceptors (Lipinski definition) is 2. The Balaban J connectivity index is 1.49. The highest BCUT2D eigenvalue weighted by atomic mass is 19.1. The number of piperidine rings is 1. The molecule has 0 aromatic heterocycles. The second-order valence-corrected chi connectivity index (χ2v) is 7.68. The Kier molecular flexibility index (Phi) is 5.94. The van der Waals surface area contributed by atoms with Gasteiger partial charge in [0.1, 0.15) is 5.82 Å². The van der Waals surface area contributed by atoms with Crippen LogP contribution in [0.2, 0.25) is 0 Å². The highest BCUT2D eigenvalue weighted by Crippen LogP contribution is 2.49. The van der Waals surface area contributed by atoms with Crippen molar-refractivity contribution in [2.75, 3.05) is 26.7 Å². The molecule has 2 atom stereocenters. The van der Waals surface area contributed by atoms with Crippen LogP contribution < -0.4 is 0 Å². The van der Waals surface area contributed by atoms with E-state index in [-0.39, 0.29) is 35.4 Å². The average Bonchev–Trinajstić information content (AvgIpc) is 3.46. The number of amides is 2. The number of likely N-dealkylation sites (tertiary alicyclic amines) is 1. The first kappa shape index (κ1) is 18.9. The molecule has 142 valence electrons. The molecule has 1 saturated carbocycles. The summed E-state index contributed by atoms with van der Waals surface area (Å²) in [6.45, 7) is 4.20. The summed E-state index contributed by atoms with van der Waals surface area (Å²) in [6, 6.07) is 6.74. The monoisotopic (exact) mass is 360 g/mol. The van der Waals surface area contributed by atoms with Crippen LogP contribution in [-0.4, -0.2) is 48.3 Å². The summed E-state index contributed by atoms with van der Waals surface area (Å²) in [7, 11) is 1.87. The predicted molar refractivity (Wildman–Crippen MR) is 99.1 cm³/mol. The van der Waals surface area contributed by atoms with Gasteiger partial charge in [0.05, 0.1) is 0 Å². The average molecular weight is 360 g/mol. The van der Waals surface area contributed by atoms with Gasteiger partial charge in [-0.3, -0.25) is 9.59 Å². The van der Waals surface area contributed by atoms with Gasteiger partial charge in [0.15, 0.2) is 0 Å². The number of hydrogen-bond donors (Lipinski definition) is 0. The molecule has 1 aliphatic carbocycles. The van der Waals surface area contributed by atoms with Crippen molar-refractivity contribution >= 4 is 11.8 Å². The van der Waals surface area contributed by atoms with E-state index in [0.717, 1.165) is 38.6 Å². The van der Waals surface area contributed by atoms with Gasteiger partial charge in [0.2, 0.25) is 11.8 Å². The quantitative estimate of drug-likeness (QED) is 0.780. The van der Waals surface area contributed by atoms with Gasteiger partial charge in [0.25, 0.3) is 0 Å². The minimum Gasteiger partial charge on any atom is -0.346 e. The molecule has 2 fully saturated rings. The van der Waals surface area contributed by atoms with Crippen LogP contribution in [-0.2, 0) is 9.59 Å². The van der Waals surface area contributed by atoms with Crippen LogP contribution in [0.25, 0.3) is 0 Å². The third kappa shape index (κ3) is 4.08. The number of benzene rings is 1. The molecule has 0 N–H and O–H groups in total. The number of carbonyl (C=O) groups excluding carboxylic acids is 2. The Hall–Kier alpha value is -1.91. The van der Waals surface area contributed by atoms with Gasteiger partial charge in [-0.05, 0) is 43.2 Å². The van der Waals surface area contributed by atoms with Crippen LogP contribution in [0, 0.1) is 17.7 Å². The van der Waals surface area contributed by atoms with Crippen LogP contribution in [0.1, 0.15) is 50.5 Å². The van der Waals surface area contributed by atoms with Gasteiger partial charge < -0.3 is 9.80 Å². The number of rotatable bonds is 6. The molecule has 26 heavy (non-hydrogen) atoms. The van der Waals surface area contributed by atoms with E-state index in [0.29, 0.717) is 18.7 Å². The molecule has 1 aromatic rings. The smallest absolute Gasteiger partial charge is 0.226 e. The van der Waals surface area contributed by atoms with Gasteiger partial charge in [-0.1, -0.05) is 31.5 Å². The lowest BCUT2D eigenvalue weighted by Gasteiger charge is -2.33. The first-order valence-electron chi connectivity index (χ1n) is 9.81. The molecule has 2 unspecified atom stereocenters. The van der Waals surface area contributed by atoms with Crippen LogP contribution >= 0.6 is 0 Å². The maximum Gasteiger partial charge on any atom is 0.226 e. The second-order valence-electron chi connectivity index (χ2n) is 7.68. The van der Waals surface area contributed by atoms with E-state index >= 15 is 0 Å². The molecule has 1 heterocycles. The molecule has 5 heteroatoms. The van der Waals surface area contributed by atoms with Crippen LogP contribution in [0.5, 0.6) is 0 Å². The van der Waals surface area contributed by atoms with Gasteiger partial charge in [-0.15, -0.1) is 0 Å². The summed E-state index contributed by atoms with van der Waals surface area (Å²) in [6.07, 6.45) is 4.31. The van der Waals surface area contributed by atoms with Crippen molar-refractivity contribution in [1.29, 1.82) is 0 Å². The van der Waals surface area contributed by atoms with E-state index in [1.54, 1.807) is 12.1 Å². The van der Waals surface area contributed by atoms with Crippen molar-refractivity contribution in [3.05, 3.63) is 35.6 Å². The Morgan fingerprint density at radius 3 is 2.58 bits per heavy atom. The van der Waals surface area contributed by atoms with E-state index in [1.807, 2.05) is 22.9 Å². The molecule has 1 saturated heterocycles. The summed E-state index contributed by atoms with van der Waals surface area (Å²) in [5.74, 6) is 0.0778. The largest absolute Gasteiger partial charge is 0.346 e. The molecule has 4 nitrogen and oxygen atoms in total. The number of nitrogens with zero attached hydrogens (tertiary/aromatic N) is 2. The SMILES string of the molecule is CCCCN(C)C(=O)C1CCN(C(=O)C2CC2c2ccccc2F)CC1. The van der Waals surface area contributed by atoms with E-state index in [2.05, 4.69) is 6.92 Å². The third-order valence-electron chi connectivity index (χ3n) is 5.79. The number of halogens is 1. The van der Waals surface area contributed by atoms with Crippen molar-refractivity contribution in [1.82, 2.24) is 9.80 Å². The lowest BCUT2D eigenvalue weighted by molar-refractivity contribution is -0.140. The van der Waals surface area contributed by atoms with E-state index in [1.165, 1.54) is 6.07 Å². The summed E-state index contributed by atoms with van der Waals surface area (Å²) < 4.78 is 13.9. The molecule has 1 aromatic carbocycles. The van der Waals surface area contributed by atoms with Crippen LogP contribution in [0.3, 0.4) is 0 Å². The number of carbonyl (C=O) groups is 2. The Labute approximate surface area is 155 Å². The van der Waals surface area contributed by atoms with E-state index in [9.17, 15) is 14.0 Å². The molecule has 2 aliphatic rings. The summed E-state index contributed by atoms with van der Waals surface area (Å²) in [5, 5.41) is 0. The molecule has 1 aliphatic heterocycles. The fourth-order valence-electron chi connectivity index (χ4n) is 3.99. The highest BCUT2D eigenvalue weighted by Gasteiger charge is 2.47. The molecular formula is C21H29FN2O2. The molecular weight excluding hydrogens is 331 g/mol. The maximum atomic E-state index is 13.9. The lowest BCUT2D eigenvalue weighted by atomic mass is 9.95. The minimum absolute atomic E-state index is 0.0169. The zero-order valence-electron chi connectivity index (χ0n) is 15.8. The van der Waals surface area contributed by atoms with E-state index < -0.39 is 0 Å². The van der Waals surface area contributed by atoms with Crippen LogP contribution in [0.15, 0.2) is 24.3 Å². The summed E-state index contributed by atoms with van der Waals surface area (Å²) >= 11 is 0. The normalized spacial score (nSPS) is 23.0. The Morgan fingerprint density at radius 2 is 1.92 bits per heavy atom. The van der Waals surface area contributed by atoms with Gasteiger partial charge in [0, 0.05) is 38.5 Å². The lowest BCUT2D eigenvalue weighted by Crippen LogP contribution is -2.44. The zero-order chi connectivity index (χ0) is 18.7. The zero-order valence-corrected chi connectivity index (χ0v) is 15.8. The molecule has 0 radical (unpaired) electrons. The standard InChI is InChI=1S/C21H29FN2O2/c1-3-4-11-23(2)20(25)15-9-12-24(13-10-15)21(26)18-14-17(18)16-7-5-6-8-19(16)22/h5-8,15,17-18H,3-4,9-14H2,1-2H3. The minimum atomic E-state index is -0.216. The molecule has 0 bridgehead atoms. The second kappa shape index (κ2) is 8.19. The van der Waals surface area contributed by atoms with Gasteiger partial charge in [-0.25, -0.2) is 4.39 Å².